The van der Waals surface area contributed by atoms with Crippen molar-refractivity contribution in [1.82, 2.24) is 14.5 Å². The quantitative estimate of drug-likeness (QED) is 0.516. The van der Waals surface area contributed by atoms with Crippen LogP contribution in [0, 0.1) is 12.7 Å². The van der Waals surface area contributed by atoms with Gasteiger partial charge in [-0.3, -0.25) is 4.79 Å². The highest BCUT2D eigenvalue weighted by Gasteiger charge is 2.34. The Labute approximate surface area is 191 Å². The molecule has 1 amide bonds. The molecule has 32 heavy (non-hydrogen) atoms. The summed E-state index contributed by atoms with van der Waals surface area (Å²) in [5.41, 5.74) is 2.38. The number of aryl methyl sites for hydroxylation is 1. The number of likely N-dealkylation sites (tertiary alicyclic amines) is 1. The molecule has 1 aromatic heterocycles. The van der Waals surface area contributed by atoms with Gasteiger partial charge in [0, 0.05) is 23.8 Å². The normalized spacial score (nSPS) is 17.3. The maximum atomic E-state index is 13.8. The van der Waals surface area contributed by atoms with Crippen LogP contribution in [0.4, 0.5) is 4.39 Å². The Morgan fingerprint density at radius 1 is 1.25 bits per heavy atom. The van der Waals surface area contributed by atoms with Gasteiger partial charge in [-0.2, -0.15) is 0 Å². The maximum Gasteiger partial charge on any atom is 0.264 e. The minimum atomic E-state index is -0.624. The molecule has 2 aromatic carbocycles. The Bertz CT molecular complexity index is 1110. The molecule has 1 aliphatic rings. The monoisotopic (exact) mass is 457 g/mol. The van der Waals surface area contributed by atoms with Crippen molar-refractivity contribution in [1.29, 1.82) is 0 Å². The topological polar surface area (TPSA) is 56.6 Å². The summed E-state index contributed by atoms with van der Waals surface area (Å²) in [5.74, 6) is 0.612. The molecule has 1 fully saturated rings. The number of carbonyl (C=O) groups is 1. The van der Waals surface area contributed by atoms with Gasteiger partial charge in [0.25, 0.3) is 5.91 Å². The summed E-state index contributed by atoms with van der Waals surface area (Å²) >= 11 is 6.01. The largest absolute Gasteiger partial charge is 0.494 e. The van der Waals surface area contributed by atoms with E-state index >= 15 is 0 Å². The summed E-state index contributed by atoms with van der Waals surface area (Å²) in [4.78, 5) is 19.2. The Morgan fingerprint density at radius 2 is 2.06 bits per heavy atom. The molecule has 2 unspecified atom stereocenters. The molecule has 2 heterocycles. The molecule has 1 saturated heterocycles. The number of halogens is 2. The molecule has 8 heteroatoms. The van der Waals surface area contributed by atoms with Crippen molar-refractivity contribution in [2.45, 2.75) is 38.8 Å². The fraction of sp³-hybridized carbons (Fsp3) is 0.333. The van der Waals surface area contributed by atoms with Gasteiger partial charge in [0.1, 0.15) is 17.3 Å². The lowest BCUT2D eigenvalue weighted by Crippen LogP contribution is -2.47. The fourth-order valence-electron chi connectivity index (χ4n) is 4.02. The second-order valence-corrected chi connectivity index (χ2v) is 8.35. The average molecular weight is 458 g/mol. The third kappa shape index (κ3) is 4.58. The number of ether oxygens (including phenoxy) is 2. The first kappa shape index (κ1) is 22.1. The molecule has 4 rings (SSSR count). The molecule has 3 aromatic rings. The minimum Gasteiger partial charge on any atom is -0.494 e. The van der Waals surface area contributed by atoms with E-state index in [2.05, 4.69) is 4.98 Å². The predicted octanol–water partition coefficient (Wildman–Crippen LogP) is 5.11. The van der Waals surface area contributed by atoms with E-state index in [1.165, 1.54) is 12.1 Å². The molecule has 0 spiro atoms. The summed E-state index contributed by atoms with van der Waals surface area (Å²) in [7, 11) is 1.59. The predicted molar refractivity (Wildman–Crippen MR) is 120 cm³/mol. The molecule has 1 aliphatic heterocycles. The van der Waals surface area contributed by atoms with Crippen molar-refractivity contribution < 1.29 is 18.7 Å². The van der Waals surface area contributed by atoms with Crippen molar-refractivity contribution in [3.05, 3.63) is 71.0 Å². The number of methoxy groups -OCH3 is 1. The van der Waals surface area contributed by atoms with Gasteiger partial charge in [-0.15, -0.1) is 0 Å². The number of rotatable bonds is 6. The number of nitrogens with zero attached hydrogens (tertiary/aromatic N) is 3. The second kappa shape index (κ2) is 9.20. The molecule has 168 valence electrons. The van der Waals surface area contributed by atoms with E-state index in [0.717, 1.165) is 17.8 Å². The van der Waals surface area contributed by atoms with Crippen LogP contribution in [-0.4, -0.2) is 40.1 Å². The van der Waals surface area contributed by atoms with E-state index in [1.54, 1.807) is 30.5 Å². The van der Waals surface area contributed by atoms with Crippen molar-refractivity contribution >= 4 is 17.5 Å². The van der Waals surface area contributed by atoms with E-state index in [4.69, 9.17) is 21.1 Å². The molecule has 0 N–H and O–H groups in total. The van der Waals surface area contributed by atoms with Gasteiger partial charge in [-0.1, -0.05) is 11.6 Å². The van der Waals surface area contributed by atoms with Crippen LogP contribution >= 0.6 is 11.6 Å². The zero-order valence-electron chi connectivity index (χ0n) is 18.2. The van der Waals surface area contributed by atoms with Crippen LogP contribution in [0.1, 0.15) is 37.1 Å². The van der Waals surface area contributed by atoms with Crippen LogP contribution in [0.15, 0.2) is 48.9 Å². The van der Waals surface area contributed by atoms with Gasteiger partial charge >= 0.3 is 0 Å². The number of imidazole rings is 1. The van der Waals surface area contributed by atoms with Gasteiger partial charge in [0.15, 0.2) is 6.10 Å². The third-order valence-electron chi connectivity index (χ3n) is 5.68. The van der Waals surface area contributed by atoms with E-state index < -0.39 is 11.9 Å². The summed E-state index contributed by atoms with van der Waals surface area (Å²) < 4.78 is 27.3. The summed E-state index contributed by atoms with van der Waals surface area (Å²) in [6.07, 6.45) is 4.39. The van der Waals surface area contributed by atoms with Gasteiger partial charge < -0.3 is 18.9 Å². The van der Waals surface area contributed by atoms with Crippen LogP contribution in [0.25, 0.3) is 5.69 Å². The Balaban J connectivity index is 1.52. The first-order valence-corrected chi connectivity index (χ1v) is 10.9. The number of amides is 1. The van der Waals surface area contributed by atoms with Gasteiger partial charge in [-0.25, -0.2) is 9.37 Å². The van der Waals surface area contributed by atoms with Crippen LogP contribution in [-0.2, 0) is 4.79 Å². The van der Waals surface area contributed by atoms with Gasteiger partial charge in [0.05, 0.1) is 30.9 Å². The van der Waals surface area contributed by atoms with Crippen molar-refractivity contribution in [3.63, 3.8) is 0 Å². The molecule has 0 radical (unpaired) electrons. The van der Waals surface area contributed by atoms with Crippen LogP contribution in [0.3, 0.4) is 0 Å². The van der Waals surface area contributed by atoms with E-state index in [-0.39, 0.29) is 11.9 Å². The highest BCUT2D eigenvalue weighted by atomic mass is 35.5. The van der Waals surface area contributed by atoms with Crippen molar-refractivity contribution in [2.24, 2.45) is 0 Å². The second-order valence-electron chi connectivity index (χ2n) is 7.92. The zero-order valence-corrected chi connectivity index (χ0v) is 19.0. The lowest BCUT2D eigenvalue weighted by atomic mass is 10.0. The lowest BCUT2D eigenvalue weighted by Gasteiger charge is -2.36. The lowest BCUT2D eigenvalue weighted by molar-refractivity contribution is -0.144. The summed E-state index contributed by atoms with van der Waals surface area (Å²) in [6.45, 7) is 4.37. The third-order valence-corrected chi connectivity index (χ3v) is 5.90. The number of hydrogen-bond acceptors (Lipinski definition) is 4. The zero-order chi connectivity index (χ0) is 22.8. The molecule has 0 aliphatic carbocycles. The van der Waals surface area contributed by atoms with E-state index in [9.17, 15) is 9.18 Å². The van der Waals surface area contributed by atoms with Crippen molar-refractivity contribution in [3.8, 4) is 17.2 Å². The molecular formula is C24H25ClFN3O3. The number of hydrogen-bond donors (Lipinski definition) is 0. The SMILES string of the molecule is COc1cc(OC2CCCN(C(C)c3cc(F)cc(Cl)c3)C2=O)ccc1-n1cnc(C)c1. The molecular weight excluding hydrogens is 433 g/mol. The Hall–Kier alpha value is -3.06. The standard InChI is InChI=1S/C24H25ClFN3O3/c1-15-13-28(14-27-15)21-7-6-20(12-23(21)31-3)32-22-5-4-8-29(24(22)30)16(2)17-9-18(25)11-19(26)10-17/h6-7,9-14,16,22H,4-5,8H2,1-3H3. The average Bonchev–Trinajstić information content (AvgIpc) is 3.20. The fourth-order valence-corrected chi connectivity index (χ4v) is 4.25. The van der Waals surface area contributed by atoms with E-state index in [0.29, 0.717) is 35.1 Å². The molecule has 0 saturated carbocycles. The highest BCUT2D eigenvalue weighted by Crippen LogP contribution is 2.32. The molecule has 2 atom stereocenters. The number of aromatic nitrogens is 2. The smallest absolute Gasteiger partial charge is 0.264 e. The van der Waals surface area contributed by atoms with Crippen molar-refractivity contribution in [2.75, 3.05) is 13.7 Å². The van der Waals surface area contributed by atoms with Crippen LogP contribution in [0.2, 0.25) is 5.02 Å². The number of carbonyl (C=O) groups excluding carboxylic acids is 1. The molecule has 6 nitrogen and oxygen atoms in total. The maximum absolute atomic E-state index is 13.8. The Morgan fingerprint density at radius 3 is 2.75 bits per heavy atom. The van der Waals surface area contributed by atoms with Crippen LogP contribution < -0.4 is 9.47 Å². The highest BCUT2D eigenvalue weighted by molar-refractivity contribution is 6.30. The van der Waals surface area contributed by atoms with Gasteiger partial charge in [0.2, 0.25) is 0 Å². The minimum absolute atomic E-state index is 0.127. The van der Waals surface area contributed by atoms with E-state index in [1.807, 2.05) is 36.7 Å². The first-order valence-electron chi connectivity index (χ1n) is 10.5. The number of piperidine rings is 1. The van der Waals surface area contributed by atoms with Crippen LogP contribution in [0.5, 0.6) is 11.5 Å². The number of benzene rings is 2. The summed E-state index contributed by atoms with van der Waals surface area (Å²) in [5, 5.41) is 0.310. The Kier molecular flexibility index (Phi) is 6.37. The van der Waals surface area contributed by atoms with Gasteiger partial charge in [-0.05, 0) is 62.6 Å². The first-order chi connectivity index (χ1) is 15.4. The molecule has 0 bridgehead atoms. The summed E-state index contributed by atoms with van der Waals surface area (Å²) in [6, 6.07) is 9.50.